The number of hydrogen-bond donors (Lipinski definition) is 2. The third-order valence-corrected chi connectivity index (χ3v) is 10.2. The molecular weight excluding hydrogens is 597 g/mol. The van der Waals surface area contributed by atoms with E-state index in [1.54, 1.807) is 18.2 Å². The van der Waals surface area contributed by atoms with Crippen molar-refractivity contribution in [2.24, 2.45) is 0 Å². The standard InChI is InChI=1S/C32H41F7O3S/c1-29(24-11-13-25(40)14-12-24)19-17-23-22-26(41)15-16-27(23)28(29)10-7-5-3-2-4-6-8-20-43(42)21-9-18-30(33,34)31(35,36)32(37,38)39/h11-16,22,28,40-41H,2-10,17-21H2,1H3. The zero-order valence-electron chi connectivity index (χ0n) is 24.4. The van der Waals surface area contributed by atoms with Crippen LogP contribution >= 0.6 is 0 Å². The summed E-state index contributed by atoms with van der Waals surface area (Å²) >= 11 is -1.55. The van der Waals surface area contributed by atoms with Crippen LogP contribution in [-0.2, 0) is 23.0 Å². The van der Waals surface area contributed by atoms with E-state index < -0.39 is 42.0 Å². The SMILES string of the molecule is CC1(c2ccc(O)cc2)CCc2cc(O)ccc2C1CCCCCCCCC[S+]([O-])CCCC(F)(F)C(F)(F)C(F)(F)F. The van der Waals surface area contributed by atoms with Crippen molar-refractivity contribution in [2.45, 2.75) is 113 Å². The summed E-state index contributed by atoms with van der Waals surface area (Å²) in [5, 5.41) is 19.8. The monoisotopic (exact) mass is 638 g/mol. The quantitative estimate of drug-likeness (QED) is 0.109. The lowest BCUT2D eigenvalue weighted by Crippen LogP contribution is -2.51. The number of fused-ring (bicyclic) bond motifs is 1. The van der Waals surface area contributed by atoms with Gasteiger partial charge in [-0.25, -0.2) is 0 Å². The molecule has 0 saturated carbocycles. The summed E-state index contributed by atoms with van der Waals surface area (Å²) < 4.78 is 101. The first-order chi connectivity index (χ1) is 20.1. The van der Waals surface area contributed by atoms with Gasteiger partial charge in [0.2, 0.25) is 0 Å². The van der Waals surface area contributed by atoms with E-state index in [1.807, 2.05) is 24.3 Å². The number of rotatable bonds is 16. The first-order valence-electron chi connectivity index (χ1n) is 14.9. The molecule has 2 aromatic carbocycles. The summed E-state index contributed by atoms with van der Waals surface area (Å²) in [6, 6.07) is 13.0. The molecule has 2 N–H and O–H groups in total. The molecule has 43 heavy (non-hydrogen) atoms. The van der Waals surface area contributed by atoms with Gasteiger partial charge in [-0.15, -0.1) is 0 Å². The van der Waals surface area contributed by atoms with Gasteiger partial charge >= 0.3 is 18.0 Å². The molecule has 0 aliphatic heterocycles. The second kappa shape index (κ2) is 14.8. The van der Waals surface area contributed by atoms with Crippen molar-refractivity contribution in [1.29, 1.82) is 0 Å². The lowest BCUT2D eigenvalue weighted by atomic mass is 9.60. The Hall–Kier alpha value is -2.14. The summed E-state index contributed by atoms with van der Waals surface area (Å²) in [5.74, 6) is -10.7. The second-order valence-electron chi connectivity index (χ2n) is 11.9. The van der Waals surface area contributed by atoms with Crippen LogP contribution in [-0.4, -0.2) is 44.3 Å². The van der Waals surface area contributed by atoms with Crippen LogP contribution < -0.4 is 0 Å². The number of halogens is 7. The fourth-order valence-corrected chi connectivity index (χ4v) is 7.34. The number of benzene rings is 2. The fourth-order valence-electron chi connectivity index (χ4n) is 6.14. The fraction of sp³-hybridized carbons (Fsp3) is 0.625. The van der Waals surface area contributed by atoms with Crippen molar-refractivity contribution in [3.05, 3.63) is 59.2 Å². The van der Waals surface area contributed by atoms with Crippen LogP contribution in [0.2, 0.25) is 0 Å². The molecule has 0 heterocycles. The van der Waals surface area contributed by atoms with E-state index in [0.717, 1.165) is 57.8 Å². The van der Waals surface area contributed by atoms with Gasteiger partial charge in [0.1, 0.15) is 23.0 Å². The summed E-state index contributed by atoms with van der Waals surface area (Å²) in [6.45, 7) is 2.27. The van der Waals surface area contributed by atoms with E-state index in [0.29, 0.717) is 6.42 Å². The zero-order valence-corrected chi connectivity index (χ0v) is 25.2. The van der Waals surface area contributed by atoms with Crippen LogP contribution in [0.4, 0.5) is 30.7 Å². The highest BCUT2D eigenvalue weighted by molar-refractivity contribution is 7.91. The number of unbranched alkanes of at least 4 members (excludes halogenated alkanes) is 6. The minimum absolute atomic E-state index is 0.109. The maximum Gasteiger partial charge on any atom is 0.459 e. The Labute approximate surface area is 252 Å². The molecule has 11 heteroatoms. The smallest absolute Gasteiger partial charge is 0.459 e. The Balaban J connectivity index is 1.36. The number of alkyl halides is 7. The Morgan fingerprint density at radius 3 is 1.98 bits per heavy atom. The van der Waals surface area contributed by atoms with Crippen molar-refractivity contribution < 1.29 is 45.5 Å². The van der Waals surface area contributed by atoms with E-state index in [1.165, 1.54) is 16.7 Å². The molecule has 1 aliphatic rings. The average Bonchev–Trinajstić information content (AvgIpc) is 2.92. The van der Waals surface area contributed by atoms with Crippen LogP contribution in [0.1, 0.15) is 100 Å². The number of phenolic OH excluding ortho intramolecular Hbond substituents is 2. The first-order valence-corrected chi connectivity index (χ1v) is 16.4. The van der Waals surface area contributed by atoms with Gasteiger partial charge in [0.15, 0.2) is 0 Å². The summed E-state index contributed by atoms with van der Waals surface area (Å²) in [7, 11) is 0. The molecule has 0 radical (unpaired) electrons. The predicted molar refractivity (Wildman–Crippen MR) is 155 cm³/mol. The van der Waals surface area contributed by atoms with Gasteiger partial charge in [-0.3, -0.25) is 0 Å². The summed E-state index contributed by atoms with van der Waals surface area (Å²) in [6.07, 6.45) is 0.335. The molecule has 3 rings (SSSR count). The number of aryl methyl sites for hydroxylation is 1. The summed E-state index contributed by atoms with van der Waals surface area (Å²) in [4.78, 5) is 0. The Morgan fingerprint density at radius 2 is 1.35 bits per heavy atom. The molecule has 3 atom stereocenters. The number of phenols is 2. The average molecular weight is 639 g/mol. The van der Waals surface area contributed by atoms with Crippen molar-refractivity contribution in [1.82, 2.24) is 0 Å². The van der Waals surface area contributed by atoms with Gasteiger partial charge in [-0.05, 0) is 90.8 Å². The normalized spacial score (nSPS) is 20.2. The molecule has 242 valence electrons. The molecule has 0 bridgehead atoms. The van der Waals surface area contributed by atoms with Crippen LogP contribution in [0, 0.1) is 0 Å². The van der Waals surface area contributed by atoms with Crippen molar-refractivity contribution >= 4 is 11.2 Å². The van der Waals surface area contributed by atoms with Gasteiger partial charge in [0.25, 0.3) is 0 Å². The maximum atomic E-state index is 13.4. The van der Waals surface area contributed by atoms with Crippen molar-refractivity contribution in [2.75, 3.05) is 11.5 Å². The molecule has 0 fully saturated rings. The second-order valence-corrected chi connectivity index (χ2v) is 13.6. The Bertz CT molecular complexity index is 1160. The highest BCUT2D eigenvalue weighted by Crippen LogP contribution is 2.51. The minimum atomic E-state index is -6.34. The molecule has 0 aromatic heterocycles. The van der Waals surface area contributed by atoms with Crippen molar-refractivity contribution in [3.8, 4) is 11.5 Å². The van der Waals surface area contributed by atoms with E-state index in [2.05, 4.69) is 6.92 Å². The lowest BCUT2D eigenvalue weighted by molar-refractivity contribution is -0.355. The zero-order chi connectivity index (χ0) is 31.9. The van der Waals surface area contributed by atoms with Gasteiger partial charge < -0.3 is 14.8 Å². The summed E-state index contributed by atoms with van der Waals surface area (Å²) in [5.41, 5.74) is 3.50. The molecular formula is C32H41F7O3S. The molecule has 2 aromatic rings. The molecule has 0 amide bonds. The van der Waals surface area contributed by atoms with Crippen molar-refractivity contribution in [3.63, 3.8) is 0 Å². The minimum Gasteiger partial charge on any atom is -0.616 e. The first kappa shape index (κ1) is 35.3. The maximum absolute atomic E-state index is 13.4. The Kier molecular flexibility index (Phi) is 12.1. The molecule has 0 spiro atoms. The Morgan fingerprint density at radius 1 is 0.791 bits per heavy atom. The van der Waals surface area contributed by atoms with Gasteiger partial charge in [-0.1, -0.05) is 68.4 Å². The van der Waals surface area contributed by atoms with Gasteiger partial charge in [0, 0.05) is 6.42 Å². The lowest BCUT2D eigenvalue weighted by Gasteiger charge is -2.43. The van der Waals surface area contributed by atoms with Crippen LogP contribution in [0.15, 0.2) is 42.5 Å². The van der Waals surface area contributed by atoms with Crippen LogP contribution in [0.3, 0.4) is 0 Å². The third kappa shape index (κ3) is 8.96. The van der Waals surface area contributed by atoms with Crippen LogP contribution in [0.5, 0.6) is 11.5 Å². The third-order valence-electron chi connectivity index (χ3n) is 8.75. The number of hydrogen-bond acceptors (Lipinski definition) is 3. The topological polar surface area (TPSA) is 63.5 Å². The van der Waals surface area contributed by atoms with Gasteiger partial charge in [0.05, 0.1) is 0 Å². The van der Waals surface area contributed by atoms with Crippen LogP contribution in [0.25, 0.3) is 0 Å². The number of aromatic hydroxyl groups is 2. The van der Waals surface area contributed by atoms with E-state index >= 15 is 0 Å². The molecule has 0 saturated heterocycles. The largest absolute Gasteiger partial charge is 0.616 e. The highest BCUT2D eigenvalue weighted by Gasteiger charge is 2.72. The van der Waals surface area contributed by atoms with Gasteiger partial charge in [-0.2, -0.15) is 30.7 Å². The predicted octanol–water partition coefficient (Wildman–Crippen LogP) is 9.57. The van der Waals surface area contributed by atoms with E-state index in [-0.39, 0.29) is 34.3 Å². The highest BCUT2D eigenvalue weighted by atomic mass is 32.2. The van der Waals surface area contributed by atoms with E-state index in [4.69, 9.17) is 0 Å². The molecule has 3 nitrogen and oxygen atoms in total. The van der Waals surface area contributed by atoms with E-state index in [9.17, 15) is 45.5 Å². The molecule has 1 aliphatic carbocycles. The molecule has 3 unspecified atom stereocenters.